The maximum Gasteiger partial charge on any atom is 3.00 e. The van der Waals surface area contributed by atoms with Gasteiger partial charge in [0.2, 0.25) is 0 Å². The van der Waals surface area contributed by atoms with Crippen LogP contribution in [0.5, 0.6) is 0 Å². The second-order valence-corrected chi connectivity index (χ2v) is 35.5. The summed E-state index contributed by atoms with van der Waals surface area (Å²) in [5, 5.41) is 7.21. The van der Waals surface area contributed by atoms with E-state index in [0.717, 1.165) is 140 Å². The Morgan fingerprint density at radius 3 is 0.824 bits per heavy atom. The van der Waals surface area contributed by atoms with E-state index in [1.54, 1.807) is 12.4 Å². The van der Waals surface area contributed by atoms with Gasteiger partial charge >= 0.3 is 20.1 Å². The van der Waals surface area contributed by atoms with Crippen LogP contribution in [0, 0.1) is 25.1 Å². The fourth-order valence-electron chi connectivity index (χ4n) is 18.5. The van der Waals surface area contributed by atoms with Crippen molar-refractivity contribution in [3.63, 3.8) is 0 Å². The molecule has 26 aromatic rings. The van der Waals surface area contributed by atoms with Crippen LogP contribution in [0.25, 0.3) is 235 Å². The normalized spacial score (nSPS) is 10.9. The molecule has 7 heterocycles. The van der Waals surface area contributed by atoms with E-state index in [9.17, 15) is 0 Å². The van der Waals surface area contributed by atoms with Crippen LogP contribution in [0.3, 0.4) is 0 Å². The second kappa shape index (κ2) is 44.7. The third kappa shape index (κ3) is 21.4. The molecular formula is C134H94IrN13. The maximum absolute atomic E-state index is 5.00. The number of hydrogen-bond donors (Lipinski definition) is 0. The molecule has 14 heteroatoms. The van der Waals surface area contributed by atoms with E-state index >= 15 is 0 Å². The third-order valence-electron chi connectivity index (χ3n) is 25.9. The summed E-state index contributed by atoms with van der Waals surface area (Å²) in [6.07, 6.45) is 3.58. The van der Waals surface area contributed by atoms with Gasteiger partial charge in [-0.1, -0.05) is 376 Å². The average Bonchev–Trinajstić information content (AvgIpc) is 0.933. The molecular weight excluding hydrogens is 1980 g/mol. The first-order valence-corrected chi connectivity index (χ1v) is 48.9. The van der Waals surface area contributed by atoms with Crippen molar-refractivity contribution >= 4 is 54.4 Å². The SMILES string of the molecule is Cc1cc(-c2ccccc2)cc(-c2[c-]cccc2)n1.Cn1c(-c2ccc(-c3ccc4ccc(-c5ccc(-c6nc7ccccc7n6C)cc5)cc4c3)cc2)nc2ccccc21.[Ir+3].[c-]1ccccc1-c1ccccn1.[c-]1ccccc1-c1ccccn1.c1ccc(-c2nc(-c3ccccc3)nc(-c3ccc(-c4c(-c5ccc(-c6nc(-c7ccccc7)nc(-c7ccccc7)n6)cc5)c5ccccc5c5ccccc45)cc3)n2)cc1. The summed E-state index contributed by atoms with van der Waals surface area (Å²) >= 11 is 0. The Morgan fingerprint density at radius 1 is 0.196 bits per heavy atom. The zero-order valence-electron chi connectivity index (χ0n) is 81.2. The first-order valence-electron chi connectivity index (χ1n) is 48.9. The minimum atomic E-state index is 0. The summed E-state index contributed by atoms with van der Waals surface area (Å²) < 4.78 is 4.32. The van der Waals surface area contributed by atoms with Crippen molar-refractivity contribution in [2.24, 2.45) is 14.1 Å². The van der Waals surface area contributed by atoms with Gasteiger partial charge in [-0.15, -0.1) is 108 Å². The summed E-state index contributed by atoms with van der Waals surface area (Å²) in [5.41, 5.74) is 30.8. The van der Waals surface area contributed by atoms with Crippen molar-refractivity contribution in [1.29, 1.82) is 0 Å². The summed E-state index contributed by atoms with van der Waals surface area (Å²) in [4.78, 5) is 52.6. The van der Waals surface area contributed by atoms with Crippen molar-refractivity contribution in [1.82, 2.24) is 64.0 Å². The van der Waals surface area contributed by atoms with Gasteiger partial charge in [0.15, 0.2) is 34.9 Å². The molecule has 0 bridgehead atoms. The van der Waals surface area contributed by atoms with Gasteiger partial charge in [0.05, 0.1) is 22.1 Å². The van der Waals surface area contributed by atoms with Crippen LogP contribution in [0.2, 0.25) is 0 Å². The summed E-state index contributed by atoms with van der Waals surface area (Å²) in [6.45, 7) is 2.03. The maximum atomic E-state index is 5.00. The molecule has 0 aliphatic rings. The quantitative estimate of drug-likeness (QED) is 0.0671. The van der Waals surface area contributed by atoms with E-state index in [-0.39, 0.29) is 20.1 Å². The molecule has 0 atom stereocenters. The smallest absolute Gasteiger partial charge is 0.327 e. The van der Waals surface area contributed by atoms with Crippen LogP contribution in [-0.2, 0) is 34.2 Å². The number of hydrogen-bond acceptors (Lipinski definition) is 11. The van der Waals surface area contributed by atoms with Crippen LogP contribution >= 0.6 is 0 Å². The van der Waals surface area contributed by atoms with Gasteiger partial charge < -0.3 is 24.1 Å². The number of benzene rings is 19. The summed E-state index contributed by atoms with van der Waals surface area (Å²) in [5.74, 6) is 5.73. The summed E-state index contributed by atoms with van der Waals surface area (Å²) in [6, 6.07) is 182. The number of rotatable bonds is 16. The molecule has 0 aliphatic carbocycles. The standard InChI is InChI=1S/C56H36N6.C38H28N4.C18H14N.2C11H8N.Ir/c1-5-17-39(18-6-1)51-57-52(40-19-7-2-8-20-40)60-55(59-51)43-33-29-37(30-34-43)49-47-27-15-13-25-45(47)46-26-14-16-28-48(46)50(49)38-31-35-44(36-32-38)56-61-53(41-21-9-3-10-22-41)58-54(62-56)42-23-11-4-12-24-42;1-41-35-9-5-3-7-33(35)39-37(41)28-17-11-25(12-18-28)30-21-15-27-16-22-31(24-32(27)23-30)26-13-19-29(20-14-26)38-40-34-8-4-6-10-36(34)42(38)2;1-14-12-17(15-8-4-2-5-9-15)13-18(19-14)16-10-6-3-7-11-16;2*1-2-6-10(7-3-1)11-8-4-5-9-12-11;/h1-36H;3-24H,1-2H3;2-10,12-13H,1H3;2*1-6,8-9H;/q;;3*-1;+3. The summed E-state index contributed by atoms with van der Waals surface area (Å²) in [7, 11) is 4.15. The van der Waals surface area contributed by atoms with Gasteiger partial charge in [-0.3, -0.25) is 0 Å². The van der Waals surface area contributed by atoms with Crippen molar-refractivity contribution < 1.29 is 20.1 Å². The van der Waals surface area contributed by atoms with Crippen molar-refractivity contribution in [2.45, 2.75) is 6.92 Å². The third-order valence-corrected chi connectivity index (χ3v) is 25.9. The molecule has 0 spiro atoms. The molecule has 0 radical (unpaired) electrons. The zero-order valence-corrected chi connectivity index (χ0v) is 83.6. The molecule has 26 rings (SSSR count). The van der Waals surface area contributed by atoms with E-state index in [4.69, 9.17) is 39.9 Å². The first kappa shape index (κ1) is 95.2. The van der Waals surface area contributed by atoms with Crippen LogP contribution < -0.4 is 0 Å². The van der Waals surface area contributed by atoms with Crippen molar-refractivity contribution in [2.75, 3.05) is 0 Å². The molecule has 7 aromatic heterocycles. The minimum absolute atomic E-state index is 0. The number of fused-ring (bicyclic) bond motifs is 6. The number of aromatic nitrogens is 13. The van der Waals surface area contributed by atoms with Crippen molar-refractivity contribution in [3.05, 3.63) is 540 Å². The average molecular weight is 2080 g/mol. The predicted octanol–water partition coefficient (Wildman–Crippen LogP) is 32.6. The number of imidazole rings is 2. The Hall–Kier alpha value is -19.0. The fourth-order valence-corrected chi connectivity index (χ4v) is 18.5. The molecule has 0 aliphatic heterocycles. The van der Waals surface area contributed by atoms with Gasteiger partial charge in [0.1, 0.15) is 11.6 Å². The van der Waals surface area contributed by atoms with Gasteiger partial charge in [0, 0.05) is 76.7 Å². The Kier molecular flexibility index (Phi) is 28.7. The van der Waals surface area contributed by atoms with E-state index in [1.165, 1.54) is 65.7 Å². The molecule has 0 amide bonds. The zero-order chi connectivity index (χ0) is 99.0. The number of pyridine rings is 3. The number of para-hydroxylation sites is 4. The molecule has 0 saturated carbocycles. The van der Waals surface area contributed by atoms with E-state index in [2.05, 4.69) is 311 Å². The Balaban J connectivity index is 0.000000126. The van der Waals surface area contributed by atoms with E-state index < -0.39 is 0 Å². The van der Waals surface area contributed by atoms with Gasteiger partial charge in [0.25, 0.3) is 0 Å². The molecule has 0 unspecified atom stereocenters. The molecule has 13 nitrogen and oxygen atoms in total. The number of nitrogens with zero attached hydrogens (tertiary/aromatic N) is 13. The minimum Gasteiger partial charge on any atom is -0.327 e. The van der Waals surface area contributed by atoms with Crippen LogP contribution in [-0.4, -0.2) is 64.0 Å². The largest absolute Gasteiger partial charge is 3.00 e. The van der Waals surface area contributed by atoms with E-state index in [0.29, 0.717) is 34.9 Å². The van der Waals surface area contributed by atoms with Crippen LogP contribution in [0.1, 0.15) is 5.69 Å². The van der Waals surface area contributed by atoms with Crippen molar-refractivity contribution in [3.8, 4) is 181 Å². The monoisotopic (exact) mass is 2080 g/mol. The molecule has 19 aromatic carbocycles. The van der Waals surface area contributed by atoms with Gasteiger partial charge in [-0.25, -0.2) is 39.9 Å². The Bertz CT molecular complexity index is 8330. The molecule has 704 valence electrons. The Morgan fingerprint density at radius 2 is 0.480 bits per heavy atom. The fraction of sp³-hybridized carbons (Fsp3) is 0.0224. The topological polar surface area (TPSA) is 152 Å². The van der Waals surface area contributed by atoms with E-state index in [1.807, 2.05) is 256 Å². The molecule has 0 fully saturated rings. The first-order chi connectivity index (χ1) is 72.6. The molecule has 0 saturated heterocycles. The van der Waals surface area contributed by atoms with Crippen LogP contribution in [0.15, 0.2) is 516 Å². The van der Waals surface area contributed by atoms with Crippen LogP contribution in [0.4, 0.5) is 0 Å². The Labute approximate surface area is 873 Å². The second-order valence-electron chi connectivity index (χ2n) is 35.5. The molecule has 0 N–H and O–H groups in total. The predicted molar refractivity (Wildman–Crippen MR) is 602 cm³/mol. The van der Waals surface area contributed by atoms with Gasteiger partial charge in [-0.05, 0) is 167 Å². The van der Waals surface area contributed by atoms with Gasteiger partial charge in [-0.2, -0.15) is 0 Å². The number of aryl methyl sites for hydroxylation is 3. The molecule has 148 heavy (non-hydrogen) atoms.